The van der Waals surface area contributed by atoms with E-state index in [4.69, 9.17) is 5.73 Å². The van der Waals surface area contributed by atoms with Crippen molar-refractivity contribution in [3.8, 4) is 0 Å². The number of allylic oxidation sites excluding steroid dienone is 1. The second kappa shape index (κ2) is 9.26. The van der Waals surface area contributed by atoms with Crippen molar-refractivity contribution < 1.29 is 0 Å². The van der Waals surface area contributed by atoms with Crippen LogP contribution in [0, 0.1) is 5.92 Å². The van der Waals surface area contributed by atoms with E-state index < -0.39 is 0 Å². The fraction of sp³-hybridized carbons (Fsp3) is 0.846. The summed E-state index contributed by atoms with van der Waals surface area (Å²) in [6.07, 6.45) is 10.2. The lowest BCUT2D eigenvalue weighted by atomic mass is 9.96. The van der Waals surface area contributed by atoms with Gasteiger partial charge in [0.15, 0.2) is 0 Å². The molecule has 0 heterocycles. The van der Waals surface area contributed by atoms with Crippen LogP contribution in [-0.2, 0) is 0 Å². The first kappa shape index (κ1) is 13.7. The molecular weight excluding hydrogens is 170 g/mol. The van der Waals surface area contributed by atoms with Gasteiger partial charge in [-0.3, -0.25) is 0 Å². The zero-order chi connectivity index (χ0) is 10.8. The molecule has 0 fully saturated rings. The summed E-state index contributed by atoms with van der Waals surface area (Å²) < 4.78 is 0. The summed E-state index contributed by atoms with van der Waals surface area (Å²) in [7, 11) is 0. The molecule has 0 saturated heterocycles. The Morgan fingerprint density at radius 3 is 2.57 bits per heavy atom. The maximum atomic E-state index is 5.46. The first-order chi connectivity index (χ1) is 6.70. The van der Waals surface area contributed by atoms with E-state index in [1.54, 1.807) is 0 Å². The van der Waals surface area contributed by atoms with Gasteiger partial charge < -0.3 is 5.73 Å². The Balaban J connectivity index is 3.43. The predicted molar refractivity (Wildman–Crippen MR) is 65.4 cm³/mol. The maximum Gasteiger partial charge on any atom is 0.0109 e. The van der Waals surface area contributed by atoms with Gasteiger partial charge in [0.2, 0.25) is 0 Å². The number of nitrogens with two attached hydrogens (primary N) is 1. The SMILES string of the molecule is CCCCCC(C)CC/C(C)=C\CN. The van der Waals surface area contributed by atoms with Crippen molar-refractivity contribution in [2.75, 3.05) is 6.54 Å². The van der Waals surface area contributed by atoms with Gasteiger partial charge in [-0.1, -0.05) is 51.2 Å². The third kappa shape index (κ3) is 8.31. The summed E-state index contributed by atoms with van der Waals surface area (Å²) in [6.45, 7) is 7.51. The lowest BCUT2D eigenvalue weighted by molar-refractivity contribution is 0.463. The molecule has 0 aliphatic heterocycles. The van der Waals surface area contributed by atoms with Crippen LogP contribution in [-0.4, -0.2) is 6.54 Å². The van der Waals surface area contributed by atoms with Crippen LogP contribution in [0.4, 0.5) is 0 Å². The van der Waals surface area contributed by atoms with E-state index in [2.05, 4.69) is 26.8 Å². The monoisotopic (exact) mass is 197 g/mol. The summed E-state index contributed by atoms with van der Waals surface area (Å²) >= 11 is 0. The summed E-state index contributed by atoms with van der Waals surface area (Å²) in [5.41, 5.74) is 6.91. The zero-order valence-corrected chi connectivity index (χ0v) is 10.2. The van der Waals surface area contributed by atoms with Crippen molar-refractivity contribution in [2.45, 2.75) is 59.3 Å². The van der Waals surface area contributed by atoms with Crippen molar-refractivity contribution in [3.05, 3.63) is 11.6 Å². The average Bonchev–Trinajstić information content (AvgIpc) is 2.16. The lowest BCUT2D eigenvalue weighted by Crippen LogP contribution is -1.98. The highest BCUT2D eigenvalue weighted by Crippen LogP contribution is 2.17. The third-order valence-electron chi connectivity index (χ3n) is 2.80. The Hall–Kier alpha value is -0.300. The number of hydrogen-bond donors (Lipinski definition) is 1. The molecule has 2 N–H and O–H groups in total. The second-order valence-electron chi connectivity index (χ2n) is 4.43. The van der Waals surface area contributed by atoms with Gasteiger partial charge in [0.1, 0.15) is 0 Å². The molecule has 0 bridgehead atoms. The van der Waals surface area contributed by atoms with Gasteiger partial charge in [0, 0.05) is 6.54 Å². The Labute approximate surface area is 89.8 Å². The van der Waals surface area contributed by atoms with Crippen LogP contribution in [0.25, 0.3) is 0 Å². The molecule has 1 unspecified atom stereocenters. The molecule has 1 nitrogen and oxygen atoms in total. The first-order valence-electron chi connectivity index (χ1n) is 6.06. The molecule has 84 valence electrons. The Kier molecular flexibility index (Phi) is 9.06. The normalized spacial score (nSPS) is 14.4. The van der Waals surface area contributed by atoms with Gasteiger partial charge in [-0.05, 0) is 25.7 Å². The highest BCUT2D eigenvalue weighted by Gasteiger charge is 2.01. The molecule has 0 aromatic rings. The summed E-state index contributed by atoms with van der Waals surface area (Å²) in [5.74, 6) is 0.877. The average molecular weight is 197 g/mol. The van der Waals surface area contributed by atoms with Gasteiger partial charge >= 0.3 is 0 Å². The van der Waals surface area contributed by atoms with E-state index in [9.17, 15) is 0 Å². The van der Waals surface area contributed by atoms with Crippen LogP contribution >= 0.6 is 0 Å². The van der Waals surface area contributed by atoms with E-state index in [0.29, 0.717) is 6.54 Å². The molecule has 0 aromatic heterocycles. The number of unbranched alkanes of at least 4 members (excludes halogenated alkanes) is 2. The van der Waals surface area contributed by atoms with Gasteiger partial charge in [-0.15, -0.1) is 0 Å². The van der Waals surface area contributed by atoms with Crippen LogP contribution in [0.15, 0.2) is 11.6 Å². The zero-order valence-electron chi connectivity index (χ0n) is 10.2. The van der Waals surface area contributed by atoms with E-state index in [1.165, 1.54) is 44.1 Å². The van der Waals surface area contributed by atoms with Crippen LogP contribution in [0.5, 0.6) is 0 Å². The van der Waals surface area contributed by atoms with Crippen LogP contribution in [0.1, 0.15) is 59.3 Å². The van der Waals surface area contributed by atoms with Crippen molar-refractivity contribution in [2.24, 2.45) is 11.7 Å². The lowest BCUT2D eigenvalue weighted by Gasteiger charge is -2.10. The largest absolute Gasteiger partial charge is 0.327 e. The minimum Gasteiger partial charge on any atom is -0.327 e. The smallest absolute Gasteiger partial charge is 0.0109 e. The first-order valence-corrected chi connectivity index (χ1v) is 6.06. The van der Waals surface area contributed by atoms with Crippen molar-refractivity contribution in [1.29, 1.82) is 0 Å². The quantitative estimate of drug-likeness (QED) is 0.463. The Morgan fingerprint density at radius 1 is 1.29 bits per heavy atom. The van der Waals surface area contributed by atoms with Crippen molar-refractivity contribution >= 4 is 0 Å². The fourth-order valence-electron chi connectivity index (χ4n) is 1.66. The summed E-state index contributed by atoms with van der Waals surface area (Å²) in [5, 5.41) is 0. The van der Waals surface area contributed by atoms with Gasteiger partial charge in [-0.2, -0.15) is 0 Å². The van der Waals surface area contributed by atoms with Crippen LogP contribution in [0.3, 0.4) is 0 Å². The molecule has 0 amide bonds. The topological polar surface area (TPSA) is 26.0 Å². The minimum absolute atomic E-state index is 0.691. The molecular formula is C13H27N. The third-order valence-corrected chi connectivity index (χ3v) is 2.80. The van der Waals surface area contributed by atoms with Gasteiger partial charge in [0.05, 0.1) is 0 Å². The van der Waals surface area contributed by atoms with Crippen molar-refractivity contribution in [1.82, 2.24) is 0 Å². The molecule has 0 aliphatic rings. The number of rotatable bonds is 8. The molecule has 0 saturated carbocycles. The minimum atomic E-state index is 0.691. The fourth-order valence-corrected chi connectivity index (χ4v) is 1.66. The van der Waals surface area contributed by atoms with E-state index in [1.807, 2.05) is 0 Å². The number of hydrogen-bond acceptors (Lipinski definition) is 1. The highest BCUT2D eigenvalue weighted by molar-refractivity contribution is 4.98. The molecule has 0 aromatic carbocycles. The second-order valence-corrected chi connectivity index (χ2v) is 4.43. The Bertz CT molecular complexity index is 149. The maximum absolute atomic E-state index is 5.46. The molecule has 0 radical (unpaired) electrons. The molecule has 0 aliphatic carbocycles. The Morgan fingerprint density at radius 2 is 2.00 bits per heavy atom. The molecule has 1 atom stereocenters. The predicted octanol–water partition coefficient (Wildman–Crippen LogP) is 3.89. The summed E-state index contributed by atoms with van der Waals surface area (Å²) in [6, 6.07) is 0. The molecule has 0 rings (SSSR count). The van der Waals surface area contributed by atoms with Crippen LogP contribution in [0.2, 0.25) is 0 Å². The van der Waals surface area contributed by atoms with E-state index in [-0.39, 0.29) is 0 Å². The van der Waals surface area contributed by atoms with Gasteiger partial charge in [0.25, 0.3) is 0 Å². The summed E-state index contributed by atoms with van der Waals surface area (Å²) in [4.78, 5) is 0. The van der Waals surface area contributed by atoms with E-state index >= 15 is 0 Å². The molecule has 14 heavy (non-hydrogen) atoms. The molecule has 1 heteroatoms. The molecule has 0 spiro atoms. The van der Waals surface area contributed by atoms with Gasteiger partial charge in [-0.25, -0.2) is 0 Å². The van der Waals surface area contributed by atoms with E-state index in [0.717, 1.165) is 5.92 Å². The highest BCUT2D eigenvalue weighted by atomic mass is 14.5. The standard InChI is InChI=1S/C13H27N/c1-4-5-6-7-12(2)8-9-13(3)10-11-14/h10,12H,4-9,11,14H2,1-3H3/b13-10-. The van der Waals surface area contributed by atoms with Crippen molar-refractivity contribution in [3.63, 3.8) is 0 Å². The van der Waals surface area contributed by atoms with Crippen LogP contribution < -0.4 is 5.73 Å².